The molecule has 0 spiro atoms. The maximum Gasteiger partial charge on any atom is 0.276 e. The fourth-order valence-corrected chi connectivity index (χ4v) is 2.68. The van der Waals surface area contributed by atoms with Gasteiger partial charge in [-0.25, -0.2) is 0 Å². The van der Waals surface area contributed by atoms with E-state index in [0.717, 1.165) is 10.0 Å². The molecule has 4 nitrogen and oxygen atoms in total. The summed E-state index contributed by atoms with van der Waals surface area (Å²) in [5.41, 5.74) is 1.45. The molecule has 0 aliphatic heterocycles. The monoisotopic (exact) mass is 352 g/mol. The predicted octanol–water partition coefficient (Wildman–Crippen LogP) is 3.15. The van der Waals surface area contributed by atoms with E-state index in [1.54, 1.807) is 25.1 Å². The average Bonchev–Trinajstić information content (AvgIpc) is 2.46. The molecule has 0 unspecified atom stereocenters. The van der Waals surface area contributed by atoms with Crippen molar-refractivity contribution >= 4 is 31.7 Å². The van der Waals surface area contributed by atoms with Gasteiger partial charge in [0.2, 0.25) is 0 Å². The second-order valence-electron chi connectivity index (χ2n) is 4.11. The van der Waals surface area contributed by atoms with Gasteiger partial charge in [0.05, 0.1) is 10.6 Å². The van der Waals surface area contributed by atoms with Gasteiger partial charge in [-0.2, -0.15) is 18.4 Å². The van der Waals surface area contributed by atoms with Gasteiger partial charge >= 0.3 is 0 Å². The molecule has 2 aromatic rings. The number of nitrogens with one attached hydrogen (secondary N) is 1. The first-order chi connectivity index (χ1) is 9.49. The highest BCUT2D eigenvalue weighted by molar-refractivity contribution is 9.10. The summed E-state index contributed by atoms with van der Waals surface area (Å²) in [5, 5.41) is 3.94. The third kappa shape index (κ3) is 3.68. The van der Waals surface area contributed by atoms with Crippen LogP contribution in [-0.4, -0.2) is 14.1 Å². The molecule has 1 N–H and O–H groups in total. The van der Waals surface area contributed by atoms with Crippen molar-refractivity contribution in [2.24, 2.45) is 5.10 Å². The number of rotatable bonds is 4. The molecule has 0 bridgehead atoms. The topological polar surface area (TPSA) is 58.5 Å². The Morgan fingerprint density at radius 3 is 2.25 bits per heavy atom. The molecule has 0 heterocycles. The first-order valence-electron chi connectivity index (χ1n) is 5.86. The van der Waals surface area contributed by atoms with Crippen LogP contribution in [0.1, 0.15) is 12.5 Å². The van der Waals surface area contributed by atoms with Crippen molar-refractivity contribution in [3.8, 4) is 0 Å². The SMILES string of the molecule is CC(=NNS(=O)(=O)c1ccccc1)c1ccc(Br)cc1. The number of hydrazone groups is 1. The van der Waals surface area contributed by atoms with Crippen molar-refractivity contribution in [3.05, 3.63) is 64.6 Å². The zero-order chi connectivity index (χ0) is 14.6. The van der Waals surface area contributed by atoms with E-state index in [4.69, 9.17) is 0 Å². The summed E-state index contributed by atoms with van der Waals surface area (Å²) in [6.07, 6.45) is 0. The molecule has 0 atom stereocenters. The second-order valence-corrected chi connectivity index (χ2v) is 6.69. The van der Waals surface area contributed by atoms with E-state index >= 15 is 0 Å². The smallest absolute Gasteiger partial charge is 0.200 e. The van der Waals surface area contributed by atoms with Gasteiger partial charge in [-0.3, -0.25) is 0 Å². The van der Waals surface area contributed by atoms with E-state index < -0.39 is 10.0 Å². The highest BCUT2D eigenvalue weighted by atomic mass is 79.9. The number of sulfonamides is 1. The van der Waals surface area contributed by atoms with Crippen LogP contribution in [0.3, 0.4) is 0 Å². The molecule has 0 amide bonds. The van der Waals surface area contributed by atoms with Gasteiger partial charge in [0, 0.05) is 4.47 Å². The third-order valence-electron chi connectivity index (χ3n) is 2.65. The summed E-state index contributed by atoms with van der Waals surface area (Å²) in [4.78, 5) is 2.42. The summed E-state index contributed by atoms with van der Waals surface area (Å²) in [6, 6.07) is 15.6. The molecule has 0 aliphatic carbocycles. The van der Waals surface area contributed by atoms with Gasteiger partial charge in [-0.15, -0.1) is 0 Å². The highest BCUT2D eigenvalue weighted by Gasteiger charge is 2.11. The molecule has 0 fully saturated rings. The third-order valence-corrected chi connectivity index (χ3v) is 4.40. The molecule has 2 rings (SSSR count). The van der Waals surface area contributed by atoms with Gasteiger partial charge in [0.25, 0.3) is 10.0 Å². The number of halogens is 1. The normalized spacial score (nSPS) is 12.2. The van der Waals surface area contributed by atoms with Crippen LogP contribution in [0, 0.1) is 0 Å². The zero-order valence-electron chi connectivity index (χ0n) is 10.7. The lowest BCUT2D eigenvalue weighted by atomic mass is 10.1. The van der Waals surface area contributed by atoms with Crippen molar-refractivity contribution in [1.29, 1.82) is 0 Å². The Balaban J connectivity index is 2.18. The van der Waals surface area contributed by atoms with Crippen LogP contribution in [0.5, 0.6) is 0 Å². The molecular formula is C14H13BrN2O2S. The summed E-state index contributed by atoms with van der Waals surface area (Å²) in [5.74, 6) is 0. The molecule has 20 heavy (non-hydrogen) atoms. The van der Waals surface area contributed by atoms with E-state index in [-0.39, 0.29) is 4.90 Å². The van der Waals surface area contributed by atoms with Crippen LogP contribution in [0.2, 0.25) is 0 Å². The lowest BCUT2D eigenvalue weighted by molar-refractivity contribution is 0.584. The molecule has 104 valence electrons. The van der Waals surface area contributed by atoms with Crippen LogP contribution >= 0.6 is 15.9 Å². The minimum atomic E-state index is -3.62. The lowest BCUT2D eigenvalue weighted by Gasteiger charge is -2.05. The number of hydrogen-bond acceptors (Lipinski definition) is 3. The first-order valence-corrected chi connectivity index (χ1v) is 8.14. The highest BCUT2D eigenvalue weighted by Crippen LogP contribution is 2.11. The quantitative estimate of drug-likeness (QED) is 0.678. The van der Waals surface area contributed by atoms with Crippen LogP contribution in [0.25, 0.3) is 0 Å². The van der Waals surface area contributed by atoms with Crippen molar-refractivity contribution < 1.29 is 8.42 Å². The fourth-order valence-electron chi connectivity index (χ4n) is 1.54. The van der Waals surface area contributed by atoms with E-state index in [1.165, 1.54) is 12.1 Å². The predicted molar refractivity (Wildman–Crippen MR) is 83.1 cm³/mol. The maximum absolute atomic E-state index is 12.0. The summed E-state index contributed by atoms with van der Waals surface area (Å²) in [7, 11) is -3.62. The Kier molecular flexibility index (Phi) is 4.57. The fraction of sp³-hybridized carbons (Fsp3) is 0.0714. The van der Waals surface area contributed by atoms with Crippen molar-refractivity contribution in [1.82, 2.24) is 4.83 Å². The molecule has 2 aromatic carbocycles. The molecule has 0 saturated heterocycles. The minimum Gasteiger partial charge on any atom is -0.200 e. The summed E-state index contributed by atoms with van der Waals surface area (Å²) >= 11 is 3.34. The summed E-state index contributed by atoms with van der Waals surface area (Å²) in [6.45, 7) is 1.75. The average molecular weight is 353 g/mol. The van der Waals surface area contributed by atoms with Gasteiger partial charge in [-0.1, -0.05) is 46.3 Å². The first kappa shape index (κ1) is 14.7. The van der Waals surface area contributed by atoms with Crippen molar-refractivity contribution in [2.75, 3.05) is 0 Å². The van der Waals surface area contributed by atoms with E-state index in [1.807, 2.05) is 24.3 Å². The summed E-state index contributed by atoms with van der Waals surface area (Å²) < 4.78 is 25.0. The zero-order valence-corrected chi connectivity index (χ0v) is 13.1. The Morgan fingerprint density at radius 1 is 1.05 bits per heavy atom. The Hall–Kier alpha value is -1.66. The van der Waals surface area contributed by atoms with Crippen molar-refractivity contribution in [3.63, 3.8) is 0 Å². The molecule has 0 saturated carbocycles. The molecule has 0 radical (unpaired) electrons. The number of hydrogen-bond donors (Lipinski definition) is 1. The van der Waals surface area contributed by atoms with Crippen molar-refractivity contribution in [2.45, 2.75) is 11.8 Å². The Bertz CT molecular complexity index is 711. The van der Waals surface area contributed by atoms with E-state index in [0.29, 0.717) is 5.71 Å². The molecule has 0 aromatic heterocycles. The van der Waals surface area contributed by atoms with Crippen LogP contribution in [0.4, 0.5) is 0 Å². The maximum atomic E-state index is 12.0. The Labute approximate surface area is 126 Å². The van der Waals surface area contributed by atoms with Crippen LogP contribution in [0.15, 0.2) is 69.1 Å². The van der Waals surface area contributed by atoms with Gasteiger partial charge in [0.1, 0.15) is 0 Å². The van der Waals surface area contributed by atoms with E-state index in [2.05, 4.69) is 25.9 Å². The standard InChI is InChI=1S/C14H13BrN2O2S/c1-11(12-7-9-13(15)10-8-12)16-17-20(18,19)14-5-3-2-4-6-14/h2-10,17H,1H3. The van der Waals surface area contributed by atoms with Gasteiger partial charge in [0.15, 0.2) is 0 Å². The largest absolute Gasteiger partial charge is 0.276 e. The molecule has 0 aliphatic rings. The second kappa shape index (κ2) is 6.19. The van der Waals surface area contributed by atoms with Crippen LogP contribution < -0.4 is 4.83 Å². The number of benzene rings is 2. The Morgan fingerprint density at radius 2 is 1.65 bits per heavy atom. The number of nitrogens with zero attached hydrogens (tertiary/aromatic N) is 1. The lowest BCUT2D eigenvalue weighted by Crippen LogP contribution is -2.19. The molecule has 6 heteroatoms. The van der Waals surface area contributed by atoms with Gasteiger partial charge < -0.3 is 0 Å². The van der Waals surface area contributed by atoms with Gasteiger partial charge in [-0.05, 0) is 36.8 Å². The van der Waals surface area contributed by atoms with E-state index in [9.17, 15) is 8.42 Å². The minimum absolute atomic E-state index is 0.187. The van der Waals surface area contributed by atoms with Crippen LogP contribution in [-0.2, 0) is 10.0 Å². The molecular weight excluding hydrogens is 340 g/mol.